The maximum absolute atomic E-state index is 6.00. The molecule has 1 aliphatic rings. The quantitative estimate of drug-likeness (QED) is 0.719. The zero-order valence-electron chi connectivity index (χ0n) is 6.36. The summed E-state index contributed by atoms with van der Waals surface area (Å²) in [5, 5.41) is 0.863. The second kappa shape index (κ2) is 2.22. The molecule has 60 valence electrons. The van der Waals surface area contributed by atoms with E-state index in [1.54, 1.807) is 11.3 Å². The fraction of sp³-hybridized carbons (Fsp3) is 0.500. The number of thiophene rings is 1. The van der Waals surface area contributed by atoms with Crippen molar-refractivity contribution >= 4 is 22.9 Å². The van der Waals surface area contributed by atoms with Crippen molar-refractivity contribution in [3.8, 4) is 0 Å². The van der Waals surface area contributed by atoms with Crippen LogP contribution in [-0.4, -0.2) is 0 Å². The van der Waals surface area contributed by atoms with E-state index in [1.165, 1.54) is 9.75 Å². The third-order valence-electron chi connectivity index (χ3n) is 2.14. The van der Waals surface area contributed by atoms with E-state index in [0.717, 1.165) is 17.9 Å². The maximum Gasteiger partial charge on any atom is 0.0545 e. The van der Waals surface area contributed by atoms with Gasteiger partial charge >= 0.3 is 0 Å². The first-order valence-electron chi connectivity index (χ1n) is 3.67. The summed E-state index contributed by atoms with van der Waals surface area (Å²) < 4.78 is 0. The molecule has 1 fully saturated rings. The highest BCUT2D eigenvalue weighted by Gasteiger charge is 2.41. The lowest BCUT2D eigenvalue weighted by atomic mass is 10.2. The number of halogens is 1. The summed E-state index contributed by atoms with van der Waals surface area (Å²) in [4.78, 5) is 2.43. The van der Waals surface area contributed by atoms with Crippen molar-refractivity contribution in [1.29, 1.82) is 0 Å². The predicted molar refractivity (Wildman–Crippen MR) is 49.2 cm³/mol. The third-order valence-corrected chi connectivity index (χ3v) is 3.91. The van der Waals surface area contributed by atoms with Crippen LogP contribution in [0.15, 0.2) is 6.07 Å². The molecule has 3 heteroatoms. The molecule has 0 saturated heterocycles. The molecule has 1 nitrogen and oxygen atoms in total. The monoisotopic (exact) mass is 187 g/mol. The lowest BCUT2D eigenvalue weighted by molar-refractivity contribution is 0.759. The molecule has 1 aromatic rings. The van der Waals surface area contributed by atoms with Crippen molar-refractivity contribution < 1.29 is 0 Å². The standard InChI is InChI=1S/C8H10ClNS/c1-5-6(9)4-7(11-5)8(10)2-3-8/h4H,2-3,10H2,1H3. The number of hydrogen-bond acceptors (Lipinski definition) is 2. The highest BCUT2D eigenvalue weighted by Crippen LogP contribution is 2.47. The van der Waals surface area contributed by atoms with Crippen molar-refractivity contribution in [3.63, 3.8) is 0 Å². The Labute approximate surface area is 75.2 Å². The molecule has 11 heavy (non-hydrogen) atoms. The normalized spacial score (nSPS) is 20.3. The number of hydrogen-bond donors (Lipinski definition) is 1. The van der Waals surface area contributed by atoms with Crippen molar-refractivity contribution in [1.82, 2.24) is 0 Å². The summed E-state index contributed by atoms with van der Waals surface area (Å²) in [5.41, 5.74) is 5.99. The summed E-state index contributed by atoms with van der Waals surface area (Å²) in [6, 6.07) is 2.01. The molecule has 0 bridgehead atoms. The fourth-order valence-electron chi connectivity index (χ4n) is 1.09. The van der Waals surface area contributed by atoms with Crippen LogP contribution in [0.4, 0.5) is 0 Å². The van der Waals surface area contributed by atoms with Gasteiger partial charge in [0, 0.05) is 9.75 Å². The van der Waals surface area contributed by atoms with Gasteiger partial charge in [-0.15, -0.1) is 11.3 Å². The molecule has 0 aromatic carbocycles. The maximum atomic E-state index is 6.00. The molecule has 1 aromatic heterocycles. The minimum Gasteiger partial charge on any atom is -0.321 e. The van der Waals surface area contributed by atoms with Crippen LogP contribution in [0, 0.1) is 6.92 Å². The van der Waals surface area contributed by atoms with Crippen molar-refractivity contribution in [2.24, 2.45) is 5.73 Å². The summed E-state index contributed by atoms with van der Waals surface area (Å²) >= 11 is 7.64. The lowest BCUT2D eigenvalue weighted by Gasteiger charge is -2.02. The van der Waals surface area contributed by atoms with E-state index in [9.17, 15) is 0 Å². The Morgan fingerprint density at radius 2 is 2.27 bits per heavy atom. The van der Waals surface area contributed by atoms with Crippen LogP contribution >= 0.6 is 22.9 Å². The van der Waals surface area contributed by atoms with Crippen molar-refractivity contribution in [3.05, 3.63) is 20.8 Å². The van der Waals surface area contributed by atoms with E-state index in [0.29, 0.717) is 0 Å². The van der Waals surface area contributed by atoms with Gasteiger partial charge in [0.1, 0.15) is 0 Å². The number of rotatable bonds is 1. The summed E-state index contributed by atoms with van der Waals surface area (Å²) in [7, 11) is 0. The summed E-state index contributed by atoms with van der Waals surface area (Å²) in [6.45, 7) is 2.03. The van der Waals surface area contributed by atoms with Crippen LogP contribution in [0.25, 0.3) is 0 Å². The Balaban J connectivity index is 2.39. The van der Waals surface area contributed by atoms with Gasteiger partial charge in [0.05, 0.1) is 10.6 Å². The van der Waals surface area contributed by atoms with Gasteiger partial charge in [-0.05, 0) is 25.8 Å². The summed E-state index contributed by atoms with van der Waals surface area (Å²) in [6.07, 6.45) is 2.23. The van der Waals surface area contributed by atoms with Crippen LogP contribution in [-0.2, 0) is 5.54 Å². The lowest BCUT2D eigenvalue weighted by Crippen LogP contribution is -2.16. The van der Waals surface area contributed by atoms with Gasteiger partial charge in [-0.2, -0.15) is 0 Å². The number of nitrogens with two attached hydrogens (primary N) is 1. The zero-order valence-corrected chi connectivity index (χ0v) is 7.93. The first kappa shape index (κ1) is 7.59. The molecule has 0 radical (unpaired) electrons. The Morgan fingerprint density at radius 3 is 2.64 bits per heavy atom. The largest absolute Gasteiger partial charge is 0.321 e. The molecule has 1 aliphatic carbocycles. The van der Waals surface area contributed by atoms with E-state index < -0.39 is 0 Å². The van der Waals surface area contributed by atoms with Gasteiger partial charge in [0.2, 0.25) is 0 Å². The zero-order chi connectivity index (χ0) is 8.06. The van der Waals surface area contributed by atoms with Crippen LogP contribution in [0.3, 0.4) is 0 Å². The van der Waals surface area contributed by atoms with Crippen LogP contribution in [0.1, 0.15) is 22.6 Å². The van der Waals surface area contributed by atoms with Crippen LogP contribution in [0.5, 0.6) is 0 Å². The second-order valence-electron chi connectivity index (χ2n) is 3.17. The first-order chi connectivity index (χ1) is 5.12. The Kier molecular flexibility index (Phi) is 1.53. The van der Waals surface area contributed by atoms with E-state index in [-0.39, 0.29) is 5.54 Å². The molecule has 0 spiro atoms. The third kappa shape index (κ3) is 1.19. The molecule has 2 N–H and O–H groups in total. The van der Waals surface area contributed by atoms with E-state index in [2.05, 4.69) is 0 Å². The van der Waals surface area contributed by atoms with Gasteiger partial charge in [-0.3, -0.25) is 0 Å². The second-order valence-corrected chi connectivity index (χ2v) is 4.83. The molecule has 0 atom stereocenters. The minimum atomic E-state index is -0.0113. The Bertz CT molecular complexity index is 269. The topological polar surface area (TPSA) is 26.0 Å². The first-order valence-corrected chi connectivity index (χ1v) is 4.86. The average Bonchev–Trinajstić information content (AvgIpc) is 2.59. The molecule has 0 unspecified atom stereocenters. The Hall–Kier alpha value is -0.0500. The molecular weight excluding hydrogens is 178 g/mol. The highest BCUT2D eigenvalue weighted by molar-refractivity contribution is 7.12. The molecule has 1 heterocycles. The SMILES string of the molecule is Cc1sc(C2(N)CC2)cc1Cl. The van der Waals surface area contributed by atoms with Gasteiger partial charge < -0.3 is 5.73 Å². The van der Waals surface area contributed by atoms with Crippen LogP contribution in [0.2, 0.25) is 5.02 Å². The Morgan fingerprint density at radius 1 is 1.64 bits per heavy atom. The van der Waals surface area contributed by atoms with Crippen molar-refractivity contribution in [2.75, 3.05) is 0 Å². The molecule has 2 rings (SSSR count). The van der Waals surface area contributed by atoms with E-state index in [1.807, 2.05) is 13.0 Å². The van der Waals surface area contributed by atoms with Crippen molar-refractivity contribution in [2.45, 2.75) is 25.3 Å². The highest BCUT2D eigenvalue weighted by atomic mass is 35.5. The fourth-order valence-corrected chi connectivity index (χ4v) is 2.45. The van der Waals surface area contributed by atoms with Gasteiger partial charge in [0.15, 0.2) is 0 Å². The molecule has 1 saturated carbocycles. The van der Waals surface area contributed by atoms with Crippen LogP contribution < -0.4 is 5.73 Å². The predicted octanol–water partition coefficient (Wildman–Crippen LogP) is 2.66. The molecule has 0 amide bonds. The van der Waals surface area contributed by atoms with E-state index in [4.69, 9.17) is 17.3 Å². The summed E-state index contributed by atoms with van der Waals surface area (Å²) in [5.74, 6) is 0. The number of aryl methyl sites for hydroxylation is 1. The van der Waals surface area contributed by atoms with E-state index >= 15 is 0 Å². The smallest absolute Gasteiger partial charge is 0.0545 e. The molecule has 0 aliphatic heterocycles. The molecular formula is C8H10ClNS. The minimum absolute atomic E-state index is 0.0113. The van der Waals surface area contributed by atoms with Gasteiger partial charge in [-0.25, -0.2) is 0 Å². The average molecular weight is 188 g/mol. The van der Waals surface area contributed by atoms with Gasteiger partial charge in [-0.1, -0.05) is 11.6 Å². The van der Waals surface area contributed by atoms with Gasteiger partial charge in [0.25, 0.3) is 0 Å².